The number of amides is 2. The van der Waals surface area contributed by atoms with Crippen LogP contribution in [0, 0.1) is 6.92 Å². The molecular formula is C12H12BN3O4. The van der Waals surface area contributed by atoms with Gasteiger partial charge in [-0.1, -0.05) is 6.07 Å². The third kappa shape index (κ3) is 2.38. The second-order valence-electron chi connectivity index (χ2n) is 4.42. The molecule has 0 radical (unpaired) electrons. The molecule has 3 rings (SSSR count). The number of benzene rings is 1. The van der Waals surface area contributed by atoms with Gasteiger partial charge in [0.05, 0.1) is 6.61 Å². The zero-order valence-corrected chi connectivity index (χ0v) is 10.7. The standard InChI is InChI=1S/C12H12BN3O4/c1-7-11(19-6-14-7)16-12(17)15-9-3-2-8-5-20-13(18)10(8)4-9/h2-4,6,18H,5H2,1H3,(H2,15,16,17). The molecule has 102 valence electrons. The minimum atomic E-state index is -0.939. The summed E-state index contributed by atoms with van der Waals surface area (Å²) in [5.74, 6) is 0.298. The first-order chi connectivity index (χ1) is 9.63. The molecular weight excluding hydrogens is 261 g/mol. The number of aromatic nitrogens is 1. The van der Waals surface area contributed by atoms with Gasteiger partial charge in [-0.2, -0.15) is 0 Å². The number of rotatable bonds is 2. The number of fused-ring (bicyclic) bond motifs is 1. The number of carbonyl (C=O) groups excluding carboxylic acids is 1. The average Bonchev–Trinajstić information content (AvgIpc) is 2.98. The summed E-state index contributed by atoms with van der Waals surface area (Å²) >= 11 is 0. The van der Waals surface area contributed by atoms with Gasteiger partial charge in [-0.3, -0.25) is 5.32 Å². The van der Waals surface area contributed by atoms with E-state index in [4.69, 9.17) is 9.07 Å². The van der Waals surface area contributed by atoms with Crippen molar-refractivity contribution in [1.82, 2.24) is 4.98 Å². The van der Waals surface area contributed by atoms with Crippen molar-refractivity contribution in [3.8, 4) is 0 Å². The van der Waals surface area contributed by atoms with Gasteiger partial charge in [0.1, 0.15) is 5.69 Å². The Balaban J connectivity index is 1.70. The van der Waals surface area contributed by atoms with Crippen LogP contribution in [0.15, 0.2) is 29.0 Å². The highest BCUT2D eigenvalue weighted by atomic mass is 16.5. The van der Waals surface area contributed by atoms with E-state index in [1.54, 1.807) is 25.1 Å². The molecule has 0 fully saturated rings. The molecule has 2 aromatic rings. The van der Waals surface area contributed by atoms with Gasteiger partial charge in [0, 0.05) is 5.69 Å². The topological polar surface area (TPSA) is 96.6 Å². The first-order valence-corrected chi connectivity index (χ1v) is 6.04. The van der Waals surface area contributed by atoms with Gasteiger partial charge in [0.25, 0.3) is 0 Å². The largest absolute Gasteiger partial charge is 0.491 e. The lowest BCUT2D eigenvalue weighted by atomic mass is 9.79. The second-order valence-corrected chi connectivity index (χ2v) is 4.42. The first kappa shape index (κ1) is 12.7. The Morgan fingerprint density at radius 3 is 3.05 bits per heavy atom. The Morgan fingerprint density at radius 1 is 1.45 bits per heavy atom. The van der Waals surface area contributed by atoms with Crippen LogP contribution in [-0.4, -0.2) is 23.2 Å². The number of anilines is 2. The SMILES string of the molecule is Cc1ncoc1NC(=O)Nc1ccc2c(c1)B(O)OC2. The van der Waals surface area contributed by atoms with Crippen molar-refractivity contribution in [3.05, 3.63) is 35.9 Å². The monoisotopic (exact) mass is 273 g/mol. The maximum Gasteiger partial charge on any atom is 0.491 e. The number of aryl methyl sites for hydroxylation is 1. The summed E-state index contributed by atoms with van der Waals surface area (Å²) in [5.41, 5.74) is 2.73. The fraction of sp³-hybridized carbons (Fsp3) is 0.167. The number of carbonyl (C=O) groups is 1. The fourth-order valence-electron chi connectivity index (χ4n) is 1.98. The van der Waals surface area contributed by atoms with Gasteiger partial charge < -0.3 is 19.4 Å². The Hall–Kier alpha value is -2.32. The van der Waals surface area contributed by atoms with Crippen LogP contribution in [0.1, 0.15) is 11.3 Å². The molecule has 7 nitrogen and oxygen atoms in total. The highest BCUT2D eigenvalue weighted by Gasteiger charge is 2.27. The number of nitrogens with one attached hydrogen (secondary N) is 2. The Bertz CT molecular complexity index is 658. The maximum absolute atomic E-state index is 11.8. The van der Waals surface area contributed by atoms with Crippen molar-refractivity contribution in [3.63, 3.8) is 0 Å². The van der Waals surface area contributed by atoms with Crippen molar-refractivity contribution < 1.29 is 18.9 Å². The van der Waals surface area contributed by atoms with Crippen LogP contribution in [0.25, 0.3) is 0 Å². The molecule has 2 amide bonds. The van der Waals surface area contributed by atoms with E-state index in [9.17, 15) is 9.82 Å². The lowest BCUT2D eigenvalue weighted by Crippen LogP contribution is -2.29. The summed E-state index contributed by atoms with van der Waals surface area (Å²) < 4.78 is 10.1. The average molecular weight is 273 g/mol. The predicted octanol–water partition coefficient (Wildman–Crippen LogP) is 0.845. The summed E-state index contributed by atoms with van der Waals surface area (Å²) in [6.07, 6.45) is 1.26. The molecule has 0 aliphatic carbocycles. The number of hydrogen-bond donors (Lipinski definition) is 3. The molecule has 0 saturated heterocycles. The highest BCUT2D eigenvalue weighted by Crippen LogP contribution is 2.16. The van der Waals surface area contributed by atoms with Crippen LogP contribution < -0.4 is 16.1 Å². The quantitative estimate of drug-likeness (QED) is 0.704. The van der Waals surface area contributed by atoms with Crippen LogP contribution in [0.4, 0.5) is 16.4 Å². The molecule has 0 spiro atoms. The molecule has 1 aliphatic heterocycles. The third-order valence-electron chi connectivity index (χ3n) is 3.04. The minimum absolute atomic E-state index is 0.298. The second kappa shape index (κ2) is 4.99. The van der Waals surface area contributed by atoms with E-state index < -0.39 is 13.1 Å². The molecule has 0 unspecified atom stereocenters. The van der Waals surface area contributed by atoms with Crippen LogP contribution in [0.3, 0.4) is 0 Å². The van der Waals surface area contributed by atoms with Crippen LogP contribution in [0.5, 0.6) is 0 Å². The molecule has 0 atom stereocenters. The van der Waals surface area contributed by atoms with E-state index in [2.05, 4.69) is 15.6 Å². The van der Waals surface area contributed by atoms with Crippen molar-refractivity contribution in [2.75, 3.05) is 10.6 Å². The Labute approximate surface area is 115 Å². The lowest BCUT2D eigenvalue weighted by Gasteiger charge is -2.07. The van der Waals surface area contributed by atoms with E-state index in [0.717, 1.165) is 5.56 Å². The fourth-order valence-corrected chi connectivity index (χ4v) is 1.98. The molecule has 1 aromatic heterocycles. The van der Waals surface area contributed by atoms with E-state index >= 15 is 0 Å². The number of oxazole rings is 1. The van der Waals surface area contributed by atoms with Gasteiger partial charge in [-0.15, -0.1) is 0 Å². The summed E-state index contributed by atoms with van der Waals surface area (Å²) in [6.45, 7) is 2.10. The van der Waals surface area contributed by atoms with Gasteiger partial charge in [0.15, 0.2) is 6.39 Å². The maximum atomic E-state index is 11.8. The third-order valence-corrected chi connectivity index (χ3v) is 3.04. The van der Waals surface area contributed by atoms with E-state index in [0.29, 0.717) is 29.3 Å². The molecule has 0 saturated carbocycles. The number of nitrogens with zero attached hydrogens (tertiary/aromatic N) is 1. The Morgan fingerprint density at radius 2 is 2.30 bits per heavy atom. The minimum Gasteiger partial charge on any atom is -0.427 e. The lowest BCUT2D eigenvalue weighted by molar-refractivity contribution is 0.261. The summed E-state index contributed by atoms with van der Waals surface area (Å²) in [6, 6.07) is 4.78. The number of hydrogen-bond acceptors (Lipinski definition) is 5. The summed E-state index contributed by atoms with van der Waals surface area (Å²) in [7, 11) is -0.939. The molecule has 20 heavy (non-hydrogen) atoms. The van der Waals surface area contributed by atoms with Crippen LogP contribution >= 0.6 is 0 Å². The van der Waals surface area contributed by atoms with Gasteiger partial charge in [-0.25, -0.2) is 9.78 Å². The summed E-state index contributed by atoms with van der Waals surface area (Å²) in [4.78, 5) is 15.7. The zero-order chi connectivity index (χ0) is 14.1. The van der Waals surface area contributed by atoms with Crippen molar-refractivity contribution in [2.24, 2.45) is 0 Å². The normalized spacial score (nSPS) is 13.2. The van der Waals surface area contributed by atoms with Gasteiger partial charge >= 0.3 is 13.1 Å². The molecule has 2 heterocycles. The van der Waals surface area contributed by atoms with E-state index in [-0.39, 0.29) is 0 Å². The van der Waals surface area contributed by atoms with Gasteiger partial charge in [0.2, 0.25) is 5.88 Å². The van der Waals surface area contributed by atoms with Crippen LogP contribution in [0.2, 0.25) is 0 Å². The smallest absolute Gasteiger partial charge is 0.427 e. The summed E-state index contributed by atoms with van der Waals surface area (Å²) in [5, 5.41) is 14.8. The molecule has 1 aromatic carbocycles. The molecule has 1 aliphatic rings. The Kier molecular flexibility index (Phi) is 3.17. The zero-order valence-electron chi connectivity index (χ0n) is 10.7. The van der Waals surface area contributed by atoms with E-state index in [1.165, 1.54) is 6.39 Å². The van der Waals surface area contributed by atoms with Crippen molar-refractivity contribution in [1.29, 1.82) is 0 Å². The van der Waals surface area contributed by atoms with Crippen molar-refractivity contribution in [2.45, 2.75) is 13.5 Å². The molecule has 0 bridgehead atoms. The van der Waals surface area contributed by atoms with Crippen molar-refractivity contribution >= 4 is 30.2 Å². The molecule has 8 heteroatoms. The highest BCUT2D eigenvalue weighted by molar-refractivity contribution is 6.61. The predicted molar refractivity (Wildman–Crippen MR) is 72.7 cm³/mol. The van der Waals surface area contributed by atoms with Gasteiger partial charge in [-0.05, 0) is 30.1 Å². The first-order valence-electron chi connectivity index (χ1n) is 6.04. The van der Waals surface area contributed by atoms with E-state index in [1.807, 2.05) is 0 Å². The number of urea groups is 1. The van der Waals surface area contributed by atoms with Crippen LogP contribution in [-0.2, 0) is 11.3 Å². The molecule has 3 N–H and O–H groups in total.